The standard InChI is InChI=1S/C13H20F2O7S/c1-10(2)12(17)21-8-6-4-3-5-7-11(16)22-9-13(14,15)23(18,19)20/h1,3-9H2,2H3,(H,18,19,20)/p-1. The van der Waals surface area contributed by atoms with Gasteiger partial charge in [-0.25, -0.2) is 13.2 Å². The largest absolute Gasteiger partial charge is 0.743 e. The molecule has 0 aliphatic carbocycles. The average Bonchev–Trinajstić information content (AvgIpc) is 2.42. The first-order valence-corrected chi connectivity index (χ1v) is 8.19. The Morgan fingerprint density at radius 3 is 2.22 bits per heavy atom. The van der Waals surface area contributed by atoms with Crippen LogP contribution in [0.4, 0.5) is 8.78 Å². The quantitative estimate of drug-likeness (QED) is 0.240. The van der Waals surface area contributed by atoms with Gasteiger partial charge in [0, 0.05) is 12.0 Å². The molecule has 0 aliphatic heterocycles. The van der Waals surface area contributed by atoms with Crippen molar-refractivity contribution in [3.8, 4) is 0 Å². The molecule has 0 saturated carbocycles. The minimum absolute atomic E-state index is 0.180. The lowest BCUT2D eigenvalue weighted by Crippen LogP contribution is -2.34. The van der Waals surface area contributed by atoms with Crippen LogP contribution in [0.3, 0.4) is 0 Å². The predicted molar refractivity (Wildman–Crippen MR) is 74.5 cm³/mol. The van der Waals surface area contributed by atoms with Crippen LogP contribution < -0.4 is 0 Å². The molecule has 0 aromatic heterocycles. The first-order chi connectivity index (χ1) is 10.5. The summed E-state index contributed by atoms with van der Waals surface area (Å²) in [6, 6.07) is 0. The summed E-state index contributed by atoms with van der Waals surface area (Å²) in [5.41, 5.74) is 0.296. The molecular weight excluding hydrogens is 338 g/mol. The Morgan fingerprint density at radius 1 is 1.13 bits per heavy atom. The Morgan fingerprint density at radius 2 is 1.70 bits per heavy atom. The molecule has 0 saturated heterocycles. The van der Waals surface area contributed by atoms with Crippen molar-refractivity contribution in [2.45, 2.75) is 44.3 Å². The second kappa shape index (κ2) is 9.56. The van der Waals surface area contributed by atoms with Crippen LogP contribution in [0.2, 0.25) is 0 Å². The second-order valence-electron chi connectivity index (χ2n) is 4.83. The van der Waals surface area contributed by atoms with Crippen LogP contribution in [-0.2, 0) is 29.2 Å². The van der Waals surface area contributed by atoms with Crippen LogP contribution in [-0.4, -0.2) is 43.4 Å². The summed E-state index contributed by atoms with van der Waals surface area (Å²) < 4.78 is 64.9. The minimum atomic E-state index is -5.85. The van der Waals surface area contributed by atoms with E-state index in [0.29, 0.717) is 31.3 Å². The van der Waals surface area contributed by atoms with Crippen molar-refractivity contribution in [1.82, 2.24) is 0 Å². The van der Waals surface area contributed by atoms with Gasteiger partial charge in [-0.2, -0.15) is 8.78 Å². The zero-order chi connectivity index (χ0) is 18.1. The van der Waals surface area contributed by atoms with Gasteiger partial charge in [0.15, 0.2) is 16.7 Å². The van der Waals surface area contributed by atoms with E-state index >= 15 is 0 Å². The molecule has 0 aromatic rings. The molecule has 10 heteroatoms. The molecule has 23 heavy (non-hydrogen) atoms. The van der Waals surface area contributed by atoms with Crippen LogP contribution in [0.5, 0.6) is 0 Å². The highest BCUT2D eigenvalue weighted by molar-refractivity contribution is 7.86. The third kappa shape index (κ3) is 9.24. The molecule has 0 aromatic carbocycles. The highest BCUT2D eigenvalue weighted by Crippen LogP contribution is 2.20. The van der Waals surface area contributed by atoms with E-state index in [2.05, 4.69) is 11.3 Å². The second-order valence-corrected chi connectivity index (χ2v) is 6.34. The predicted octanol–water partition coefficient (Wildman–Crippen LogP) is 1.74. The maximum absolute atomic E-state index is 12.7. The van der Waals surface area contributed by atoms with Gasteiger partial charge in [-0.3, -0.25) is 4.79 Å². The number of carbonyl (C=O) groups excluding carboxylic acids is 2. The number of halogens is 2. The fourth-order valence-electron chi connectivity index (χ4n) is 1.32. The van der Waals surface area contributed by atoms with Gasteiger partial charge >= 0.3 is 17.2 Å². The van der Waals surface area contributed by atoms with Crippen LogP contribution in [0, 0.1) is 0 Å². The van der Waals surface area contributed by atoms with Crippen molar-refractivity contribution in [2.24, 2.45) is 0 Å². The zero-order valence-electron chi connectivity index (χ0n) is 12.7. The first-order valence-electron chi connectivity index (χ1n) is 6.79. The highest BCUT2D eigenvalue weighted by Gasteiger charge is 2.39. The number of rotatable bonds is 11. The van der Waals surface area contributed by atoms with Gasteiger partial charge in [-0.1, -0.05) is 19.4 Å². The number of esters is 2. The Hall–Kier alpha value is -1.55. The molecular formula is C13H19F2O7S-. The molecule has 0 unspecified atom stereocenters. The lowest BCUT2D eigenvalue weighted by atomic mass is 10.1. The van der Waals surface area contributed by atoms with E-state index in [-0.39, 0.29) is 13.0 Å². The van der Waals surface area contributed by atoms with E-state index in [9.17, 15) is 31.3 Å². The first kappa shape index (κ1) is 21.4. The molecule has 0 atom stereocenters. The van der Waals surface area contributed by atoms with Gasteiger partial charge in [0.25, 0.3) is 0 Å². The number of hydrogen-bond donors (Lipinski definition) is 0. The highest BCUT2D eigenvalue weighted by atomic mass is 32.2. The van der Waals surface area contributed by atoms with E-state index in [1.807, 2.05) is 0 Å². The topological polar surface area (TPSA) is 110 Å². The molecule has 0 heterocycles. The third-order valence-electron chi connectivity index (χ3n) is 2.62. The van der Waals surface area contributed by atoms with Crippen LogP contribution in [0.15, 0.2) is 12.2 Å². The Kier molecular flexibility index (Phi) is 8.91. The number of carbonyl (C=O) groups is 2. The van der Waals surface area contributed by atoms with E-state index in [1.54, 1.807) is 0 Å². The summed E-state index contributed by atoms with van der Waals surface area (Å²) >= 11 is 0. The van der Waals surface area contributed by atoms with E-state index in [0.717, 1.165) is 0 Å². The fraction of sp³-hybridized carbons (Fsp3) is 0.692. The summed E-state index contributed by atoms with van der Waals surface area (Å²) in [5.74, 6) is -1.50. The lowest BCUT2D eigenvalue weighted by Gasteiger charge is -2.19. The molecule has 0 amide bonds. The Balaban J connectivity index is 3.73. The molecule has 0 N–H and O–H groups in total. The van der Waals surface area contributed by atoms with Crippen molar-refractivity contribution in [3.63, 3.8) is 0 Å². The normalized spacial score (nSPS) is 11.8. The monoisotopic (exact) mass is 357 g/mol. The summed E-state index contributed by atoms with van der Waals surface area (Å²) in [6.45, 7) is 3.37. The molecule has 0 spiro atoms. The van der Waals surface area contributed by atoms with Crippen LogP contribution >= 0.6 is 0 Å². The Labute approximate surface area is 133 Å². The van der Waals surface area contributed by atoms with Gasteiger partial charge in [-0.15, -0.1) is 0 Å². The molecule has 7 nitrogen and oxygen atoms in total. The zero-order valence-corrected chi connectivity index (χ0v) is 13.5. The Bertz CT molecular complexity index is 528. The van der Waals surface area contributed by atoms with E-state index in [1.165, 1.54) is 6.92 Å². The van der Waals surface area contributed by atoms with Gasteiger partial charge < -0.3 is 14.0 Å². The number of alkyl halides is 2. The maximum Gasteiger partial charge on any atom is 0.367 e. The summed E-state index contributed by atoms with van der Waals surface area (Å²) in [4.78, 5) is 22.2. The number of unbranched alkanes of at least 4 members (excludes halogenated alkanes) is 3. The van der Waals surface area contributed by atoms with Crippen molar-refractivity contribution in [2.75, 3.05) is 13.2 Å². The van der Waals surface area contributed by atoms with E-state index < -0.39 is 33.9 Å². The summed E-state index contributed by atoms with van der Waals surface area (Å²) in [6.07, 6.45) is 1.93. The van der Waals surface area contributed by atoms with Gasteiger partial charge in [0.05, 0.1) is 6.61 Å². The summed E-state index contributed by atoms with van der Waals surface area (Å²) in [5, 5.41) is -4.63. The van der Waals surface area contributed by atoms with Crippen molar-refractivity contribution in [1.29, 1.82) is 0 Å². The van der Waals surface area contributed by atoms with Crippen LogP contribution in [0.25, 0.3) is 0 Å². The molecule has 134 valence electrons. The van der Waals surface area contributed by atoms with Crippen molar-refractivity contribution in [3.05, 3.63) is 12.2 Å². The van der Waals surface area contributed by atoms with Crippen molar-refractivity contribution < 1.29 is 40.8 Å². The average molecular weight is 357 g/mol. The van der Waals surface area contributed by atoms with Crippen molar-refractivity contribution >= 4 is 22.1 Å². The molecule has 0 bridgehead atoms. The smallest absolute Gasteiger partial charge is 0.367 e. The molecule has 0 fully saturated rings. The van der Waals surface area contributed by atoms with Gasteiger partial charge in [0.1, 0.15) is 0 Å². The van der Waals surface area contributed by atoms with Crippen LogP contribution in [0.1, 0.15) is 39.0 Å². The third-order valence-corrected chi connectivity index (χ3v) is 3.47. The number of ether oxygens (including phenoxy) is 2. The SMILES string of the molecule is C=C(C)C(=O)OCCCCCCC(=O)OCC(F)(F)S(=O)(=O)[O-]. The maximum atomic E-state index is 12.7. The lowest BCUT2D eigenvalue weighted by molar-refractivity contribution is -0.149. The fourth-order valence-corrected chi connectivity index (χ4v) is 1.53. The molecule has 0 radical (unpaired) electrons. The van der Waals surface area contributed by atoms with E-state index in [4.69, 9.17) is 4.74 Å². The molecule has 0 aliphatic rings. The minimum Gasteiger partial charge on any atom is -0.743 e. The summed E-state index contributed by atoms with van der Waals surface area (Å²) in [7, 11) is -5.85. The molecule has 0 rings (SSSR count). The number of hydrogen-bond acceptors (Lipinski definition) is 7. The van der Waals surface area contributed by atoms with Gasteiger partial charge in [-0.05, 0) is 19.8 Å². The van der Waals surface area contributed by atoms with Gasteiger partial charge in [0.2, 0.25) is 0 Å².